The normalized spacial score (nSPS) is 14.9. The maximum Gasteiger partial charge on any atom is 0.322 e. The Kier molecular flexibility index (Phi) is 5.10. The van der Waals surface area contributed by atoms with E-state index in [0.29, 0.717) is 5.69 Å². The first kappa shape index (κ1) is 15.2. The molecule has 7 nitrogen and oxygen atoms in total. The maximum absolute atomic E-state index is 12.3. The third-order valence-electron chi connectivity index (χ3n) is 3.68. The number of aliphatic hydroxyl groups is 1. The SMILES string of the molecule is O=C(Nc1cccc([N+](=O)[O-])c1)N(CCO)C1CCCC1. The second-order valence-electron chi connectivity index (χ2n) is 5.09. The summed E-state index contributed by atoms with van der Waals surface area (Å²) in [5.74, 6) is 0. The van der Waals surface area contributed by atoms with E-state index in [2.05, 4.69) is 5.32 Å². The van der Waals surface area contributed by atoms with E-state index in [1.165, 1.54) is 18.2 Å². The van der Waals surface area contributed by atoms with Gasteiger partial charge >= 0.3 is 6.03 Å². The highest BCUT2D eigenvalue weighted by Crippen LogP contribution is 2.24. The Balaban J connectivity index is 2.07. The zero-order chi connectivity index (χ0) is 15.2. The van der Waals surface area contributed by atoms with E-state index in [4.69, 9.17) is 5.11 Å². The number of non-ortho nitro benzene ring substituents is 1. The molecule has 2 amide bonds. The van der Waals surface area contributed by atoms with Crippen LogP contribution in [0.25, 0.3) is 0 Å². The number of carbonyl (C=O) groups is 1. The minimum Gasteiger partial charge on any atom is -0.395 e. The molecule has 0 saturated heterocycles. The van der Waals surface area contributed by atoms with Gasteiger partial charge in [-0.1, -0.05) is 18.9 Å². The van der Waals surface area contributed by atoms with Gasteiger partial charge in [0.05, 0.1) is 11.5 Å². The van der Waals surface area contributed by atoms with Gasteiger partial charge in [0.15, 0.2) is 0 Å². The monoisotopic (exact) mass is 293 g/mol. The summed E-state index contributed by atoms with van der Waals surface area (Å²) in [5, 5.41) is 22.5. The van der Waals surface area contributed by atoms with Crippen LogP contribution in [0, 0.1) is 10.1 Å². The third kappa shape index (κ3) is 3.91. The molecule has 1 aliphatic carbocycles. The van der Waals surface area contributed by atoms with Crippen LogP contribution >= 0.6 is 0 Å². The van der Waals surface area contributed by atoms with E-state index in [9.17, 15) is 14.9 Å². The number of anilines is 1. The number of nitro groups is 1. The fourth-order valence-corrected chi connectivity index (χ4v) is 2.67. The summed E-state index contributed by atoms with van der Waals surface area (Å²) in [6.45, 7) is 0.171. The van der Waals surface area contributed by atoms with Gasteiger partial charge in [-0.2, -0.15) is 0 Å². The van der Waals surface area contributed by atoms with Crippen molar-refractivity contribution in [2.24, 2.45) is 0 Å². The van der Waals surface area contributed by atoms with Crippen LogP contribution in [0.3, 0.4) is 0 Å². The molecule has 0 aliphatic heterocycles. The van der Waals surface area contributed by atoms with E-state index < -0.39 is 4.92 Å². The Bertz CT molecular complexity index is 515. The predicted molar refractivity (Wildman–Crippen MR) is 78.2 cm³/mol. The highest BCUT2D eigenvalue weighted by atomic mass is 16.6. The number of nitrogens with zero attached hydrogens (tertiary/aromatic N) is 2. The fourth-order valence-electron chi connectivity index (χ4n) is 2.67. The number of aliphatic hydroxyl groups excluding tert-OH is 1. The summed E-state index contributed by atoms with van der Waals surface area (Å²) in [6, 6.07) is 5.64. The molecule has 2 rings (SSSR count). The van der Waals surface area contributed by atoms with Crippen molar-refractivity contribution in [1.29, 1.82) is 0 Å². The average Bonchev–Trinajstić information content (AvgIpc) is 2.98. The number of benzene rings is 1. The molecule has 0 unspecified atom stereocenters. The Morgan fingerprint density at radius 2 is 2.14 bits per heavy atom. The van der Waals surface area contributed by atoms with Crippen LogP contribution in [0.2, 0.25) is 0 Å². The largest absolute Gasteiger partial charge is 0.395 e. The number of nitro benzene ring substituents is 1. The van der Waals surface area contributed by atoms with Crippen molar-refractivity contribution < 1.29 is 14.8 Å². The number of hydrogen-bond donors (Lipinski definition) is 2. The first-order chi connectivity index (χ1) is 10.1. The Labute approximate surface area is 122 Å². The van der Waals surface area contributed by atoms with Crippen LogP contribution in [0.15, 0.2) is 24.3 Å². The minimum atomic E-state index is -0.502. The number of amides is 2. The van der Waals surface area contributed by atoms with Crippen molar-refractivity contribution in [3.05, 3.63) is 34.4 Å². The van der Waals surface area contributed by atoms with Crippen LogP contribution in [-0.4, -0.2) is 40.2 Å². The van der Waals surface area contributed by atoms with Crippen LogP contribution in [-0.2, 0) is 0 Å². The molecule has 0 bridgehead atoms. The van der Waals surface area contributed by atoms with E-state index in [1.807, 2.05) is 0 Å². The Hall–Kier alpha value is -2.15. The van der Waals surface area contributed by atoms with E-state index >= 15 is 0 Å². The van der Waals surface area contributed by atoms with Crippen molar-refractivity contribution in [2.45, 2.75) is 31.7 Å². The highest BCUT2D eigenvalue weighted by molar-refractivity contribution is 5.89. The van der Waals surface area contributed by atoms with Crippen molar-refractivity contribution in [1.82, 2.24) is 4.90 Å². The van der Waals surface area contributed by atoms with Crippen molar-refractivity contribution in [2.75, 3.05) is 18.5 Å². The number of carbonyl (C=O) groups excluding carboxylic acids is 1. The summed E-state index contributed by atoms with van der Waals surface area (Å²) in [7, 11) is 0. The molecule has 0 aromatic heterocycles. The molecule has 7 heteroatoms. The van der Waals surface area contributed by atoms with Gasteiger partial charge in [-0.15, -0.1) is 0 Å². The predicted octanol–water partition coefficient (Wildman–Crippen LogP) is 2.36. The maximum atomic E-state index is 12.3. The number of urea groups is 1. The molecule has 1 aliphatic rings. The summed E-state index contributed by atoms with van der Waals surface area (Å²) in [6.07, 6.45) is 4.03. The number of rotatable bonds is 5. The quantitative estimate of drug-likeness (QED) is 0.643. The first-order valence-electron chi connectivity index (χ1n) is 7.05. The second-order valence-corrected chi connectivity index (χ2v) is 5.09. The lowest BCUT2D eigenvalue weighted by molar-refractivity contribution is -0.384. The molecule has 21 heavy (non-hydrogen) atoms. The summed E-state index contributed by atoms with van der Waals surface area (Å²) < 4.78 is 0. The molecule has 0 atom stereocenters. The summed E-state index contributed by atoms with van der Waals surface area (Å²) in [5.41, 5.74) is 0.317. The van der Waals surface area contributed by atoms with Crippen LogP contribution in [0.5, 0.6) is 0 Å². The topological polar surface area (TPSA) is 95.7 Å². The van der Waals surface area contributed by atoms with Gasteiger partial charge < -0.3 is 15.3 Å². The van der Waals surface area contributed by atoms with Gasteiger partial charge in [-0.05, 0) is 18.9 Å². The Morgan fingerprint density at radius 3 is 2.76 bits per heavy atom. The molecule has 0 spiro atoms. The molecule has 1 saturated carbocycles. The van der Waals surface area contributed by atoms with E-state index in [0.717, 1.165) is 25.7 Å². The van der Waals surface area contributed by atoms with Crippen LogP contribution < -0.4 is 5.32 Å². The van der Waals surface area contributed by atoms with E-state index in [-0.39, 0.29) is 30.9 Å². The minimum absolute atomic E-state index is 0.0672. The Morgan fingerprint density at radius 1 is 1.43 bits per heavy atom. The molecular formula is C14H19N3O4. The fraction of sp³-hybridized carbons (Fsp3) is 0.500. The molecule has 114 valence electrons. The lowest BCUT2D eigenvalue weighted by atomic mass is 10.2. The molecule has 1 aromatic carbocycles. The third-order valence-corrected chi connectivity index (χ3v) is 3.68. The van der Waals surface area contributed by atoms with Crippen molar-refractivity contribution in [3.63, 3.8) is 0 Å². The van der Waals surface area contributed by atoms with Crippen molar-refractivity contribution in [3.8, 4) is 0 Å². The lowest BCUT2D eigenvalue weighted by Crippen LogP contribution is -2.43. The molecule has 0 heterocycles. The van der Waals surface area contributed by atoms with Gasteiger partial charge in [-0.25, -0.2) is 4.79 Å². The smallest absolute Gasteiger partial charge is 0.322 e. The van der Waals surface area contributed by atoms with Crippen LogP contribution in [0.1, 0.15) is 25.7 Å². The van der Waals surface area contributed by atoms with Gasteiger partial charge in [0.2, 0.25) is 0 Å². The second kappa shape index (κ2) is 7.03. The van der Waals surface area contributed by atoms with E-state index in [1.54, 1.807) is 11.0 Å². The number of nitrogens with one attached hydrogen (secondary N) is 1. The van der Waals surface area contributed by atoms with Gasteiger partial charge in [0.1, 0.15) is 0 Å². The molecular weight excluding hydrogens is 274 g/mol. The summed E-state index contributed by atoms with van der Waals surface area (Å²) in [4.78, 5) is 24.2. The standard InChI is InChI=1S/C14H19N3O4/c18-9-8-16(12-5-1-2-6-12)14(19)15-11-4-3-7-13(10-11)17(20)21/h3-4,7,10,12,18H,1-2,5-6,8-9H2,(H,15,19). The molecule has 2 N–H and O–H groups in total. The zero-order valence-electron chi connectivity index (χ0n) is 11.7. The van der Waals surface area contributed by atoms with Gasteiger partial charge in [0.25, 0.3) is 5.69 Å². The highest BCUT2D eigenvalue weighted by Gasteiger charge is 2.26. The molecule has 0 radical (unpaired) electrons. The average molecular weight is 293 g/mol. The van der Waals surface area contributed by atoms with Gasteiger partial charge in [-0.3, -0.25) is 10.1 Å². The molecule has 1 fully saturated rings. The van der Waals surface area contributed by atoms with Crippen molar-refractivity contribution >= 4 is 17.4 Å². The summed E-state index contributed by atoms with van der Waals surface area (Å²) >= 11 is 0. The molecule has 1 aromatic rings. The first-order valence-corrected chi connectivity index (χ1v) is 7.05. The lowest BCUT2D eigenvalue weighted by Gasteiger charge is -2.28. The zero-order valence-corrected chi connectivity index (χ0v) is 11.7. The number of hydrogen-bond acceptors (Lipinski definition) is 4. The van der Waals surface area contributed by atoms with Crippen LogP contribution in [0.4, 0.5) is 16.2 Å². The van der Waals surface area contributed by atoms with Gasteiger partial charge in [0, 0.05) is 30.4 Å².